The van der Waals surface area contributed by atoms with Crippen molar-refractivity contribution in [3.63, 3.8) is 0 Å². The molecule has 8 nitrogen and oxygen atoms in total. The number of nitrogens with two attached hydrogens (primary N) is 1. The molecule has 0 spiro atoms. The third-order valence-electron chi connectivity index (χ3n) is 5.95. The lowest BCUT2D eigenvalue weighted by molar-refractivity contribution is -0.124. The number of hydrogen-bond donors (Lipinski definition) is 2. The van der Waals surface area contributed by atoms with Gasteiger partial charge in [0.1, 0.15) is 0 Å². The quantitative estimate of drug-likeness (QED) is 0.394. The molecule has 34 heavy (non-hydrogen) atoms. The molecule has 0 saturated carbocycles. The summed E-state index contributed by atoms with van der Waals surface area (Å²) in [5.74, 6) is -0.913. The highest BCUT2D eigenvalue weighted by Crippen LogP contribution is 2.29. The van der Waals surface area contributed by atoms with Crippen LogP contribution in [0.1, 0.15) is 46.4 Å². The summed E-state index contributed by atoms with van der Waals surface area (Å²) in [4.78, 5) is 30.1. The fourth-order valence-electron chi connectivity index (χ4n) is 4.23. The van der Waals surface area contributed by atoms with E-state index in [4.69, 9.17) is 14.9 Å². The molecule has 0 radical (unpaired) electrons. The van der Waals surface area contributed by atoms with Crippen molar-refractivity contribution < 1.29 is 22.7 Å². The highest BCUT2D eigenvalue weighted by molar-refractivity contribution is 7.89. The zero-order valence-electron chi connectivity index (χ0n) is 18.7. The number of carbonyl (C=O) groups excluding carboxylic acids is 2. The number of pyridine rings is 1. The monoisotopic (exact) mass is 481 g/mol. The minimum Gasteiger partial charge on any atom is -0.452 e. The van der Waals surface area contributed by atoms with Gasteiger partial charge >= 0.3 is 5.97 Å². The van der Waals surface area contributed by atoms with E-state index in [0.717, 1.165) is 59.8 Å². The zero-order chi connectivity index (χ0) is 24.1. The molecule has 1 aliphatic carbocycles. The summed E-state index contributed by atoms with van der Waals surface area (Å²) in [5, 5.41) is 8.56. The van der Waals surface area contributed by atoms with E-state index in [0.29, 0.717) is 18.5 Å². The van der Waals surface area contributed by atoms with Crippen LogP contribution < -0.4 is 10.5 Å². The van der Waals surface area contributed by atoms with Gasteiger partial charge in [-0.25, -0.2) is 18.4 Å². The van der Waals surface area contributed by atoms with Gasteiger partial charge in [0.05, 0.1) is 16.0 Å². The summed E-state index contributed by atoms with van der Waals surface area (Å²) in [6, 6.07) is 13.7. The van der Waals surface area contributed by atoms with Crippen LogP contribution in [0.5, 0.6) is 0 Å². The third-order valence-corrected chi connectivity index (χ3v) is 6.87. The first-order valence-corrected chi connectivity index (χ1v) is 12.8. The Labute approximate surface area is 198 Å². The van der Waals surface area contributed by atoms with Crippen molar-refractivity contribution in [1.29, 1.82) is 0 Å². The molecule has 0 fully saturated rings. The Hall–Kier alpha value is -3.30. The first-order chi connectivity index (χ1) is 16.3. The zero-order valence-corrected chi connectivity index (χ0v) is 19.6. The molecule has 1 aromatic heterocycles. The smallest absolute Gasteiger partial charge is 0.339 e. The third kappa shape index (κ3) is 5.60. The molecule has 178 valence electrons. The van der Waals surface area contributed by atoms with Crippen molar-refractivity contribution in [3.05, 3.63) is 70.9 Å². The molecule has 9 heteroatoms. The fraction of sp³-hybridized carbons (Fsp3) is 0.320. The van der Waals surface area contributed by atoms with Gasteiger partial charge in [-0.3, -0.25) is 9.78 Å². The second-order valence-corrected chi connectivity index (χ2v) is 9.92. The van der Waals surface area contributed by atoms with Crippen LogP contribution in [-0.2, 0) is 38.8 Å². The Morgan fingerprint density at radius 1 is 1.00 bits per heavy atom. The summed E-state index contributed by atoms with van der Waals surface area (Å²) >= 11 is 0. The number of aromatic nitrogens is 1. The lowest BCUT2D eigenvalue weighted by Crippen LogP contribution is -2.30. The van der Waals surface area contributed by atoms with Gasteiger partial charge in [-0.15, -0.1) is 0 Å². The molecule has 1 heterocycles. The lowest BCUT2D eigenvalue weighted by atomic mass is 9.97. The molecule has 0 bridgehead atoms. The molecular weight excluding hydrogens is 454 g/mol. The number of rotatable bonds is 7. The second-order valence-electron chi connectivity index (χ2n) is 8.35. The van der Waals surface area contributed by atoms with Crippen LogP contribution in [-0.4, -0.2) is 38.4 Å². The Kier molecular flexibility index (Phi) is 7.23. The van der Waals surface area contributed by atoms with E-state index in [1.807, 2.05) is 24.3 Å². The largest absolute Gasteiger partial charge is 0.452 e. The van der Waals surface area contributed by atoms with Crippen molar-refractivity contribution in [1.82, 2.24) is 10.3 Å². The van der Waals surface area contributed by atoms with Gasteiger partial charge in [-0.1, -0.05) is 36.8 Å². The molecule has 3 aromatic rings. The first kappa shape index (κ1) is 23.8. The highest BCUT2D eigenvalue weighted by atomic mass is 32.2. The number of esters is 1. The van der Waals surface area contributed by atoms with Crippen LogP contribution in [0.3, 0.4) is 0 Å². The molecule has 4 rings (SSSR count). The number of ether oxygens (including phenoxy) is 1. The number of aryl methyl sites for hydroxylation is 1. The van der Waals surface area contributed by atoms with Gasteiger partial charge in [0.15, 0.2) is 6.61 Å². The van der Waals surface area contributed by atoms with Crippen molar-refractivity contribution >= 4 is 32.8 Å². The number of carbonyl (C=O) groups is 2. The van der Waals surface area contributed by atoms with Crippen LogP contribution in [0.25, 0.3) is 10.9 Å². The van der Waals surface area contributed by atoms with E-state index in [2.05, 4.69) is 5.32 Å². The Morgan fingerprint density at radius 3 is 2.50 bits per heavy atom. The Balaban J connectivity index is 1.37. The number of benzene rings is 2. The molecule has 3 N–H and O–H groups in total. The summed E-state index contributed by atoms with van der Waals surface area (Å²) in [5.41, 5.74) is 4.00. The summed E-state index contributed by atoms with van der Waals surface area (Å²) < 4.78 is 28.0. The van der Waals surface area contributed by atoms with Crippen LogP contribution >= 0.6 is 0 Å². The van der Waals surface area contributed by atoms with E-state index >= 15 is 0 Å². The van der Waals surface area contributed by atoms with Crippen molar-refractivity contribution in [2.75, 3.05) is 13.2 Å². The van der Waals surface area contributed by atoms with Crippen molar-refractivity contribution in [2.24, 2.45) is 5.14 Å². The number of amides is 1. The van der Waals surface area contributed by atoms with Crippen molar-refractivity contribution in [3.8, 4) is 0 Å². The van der Waals surface area contributed by atoms with Crippen LogP contribution in [0.4, 0.5) is 0 Å². The molecule has 0 unspecified atom stereocenters. The number of sulfonamides is 1. The molecule has 0 aliphatic heterocycles. The van der Waals surface area contributed by atoms with Crippen LogP contribution in [0.15, 0.2) is 53.4 Å². The molecule has 0 atom stereocenters. The maximum atomic E-state index is 13.1. The molecule has 2 aromatic carbocycles. The Bertz CT molecular complexity index is 1320. The summed E-state index contributed by atoms with van der Waals surface area (Å²) in [7, 11) is -3.74. The van der Waals surface area contributed by atoms with E-state index < -0.39 is 21.9 Å². The average molecular weight is 482 g/mol. The normalized spacial score (nSPS) is 13.7. The summed E-state index contributed by atoms with van der Waals surface area (Å²) in [6.45, 7) is -0.0622. The summed E-state index contributed by atoms with van der Waals surface area (Å²) in [6.07, 6.45) is 5.22. The molecule has 1 aliphatic rings. The van der Waals surface area contributed by atoms with Gasteiger partial charge < -0.3 is 10.1 Å². The van der Waals surface area contributed by atoms with Crippen LogP contribution in [0, 0.1) is 0 Å². The maximum Gasteiger partial charge on any atom is 0.339 e. The van der Waals surface area contributed by atoms with Gasteiger partial charge in [-0.2, -0.15) is 0 Å². The van der Waals surface area contributed by atoms with E-state index in [9.17, 15) is 18.0 Å². The van der Waals surface area contributed by atoms with Gasteiger partial charge in [0.2, 0.25) is 10.0 Å². The number of nitrogens with zero attached hydrogens (tertiary/aromatic N) is 1. The number of fused-ring (bicyclic) bond motifs is 2. The number of nitrogens with one attached hydrogen (secondary N) is 1. The minimum atomic E-state index is -3.74. The van der Waals surface area contributed by atoms with E-state index in [1.165, 1.54) is 12.1 Å². The number of para-hydroxylation sites is 1. The standard InChI is InChI=1S/C25H27N3O5S/c26-34(31,32)18-12-10-17(11-13-18)14-15-27-23(29)16-33-25(30)24-19-6-2-1-3-8-21(19)28-22-9-5-4-7-20(22)24/h4-5,7,9-13H,1-3,6,8,14-16H2,(H,27,29)(H2,26,31,32). The first-order valence-electron chi connectivity index (χ1n) is 11.3. The maximum absolute atomic E-state index is 13.1. The lowest BCUT2D eigenvalue weighted by Gasteiger charge is -2.15. The van der Waals surface area contributed by atoms with E-state index in [-0.39, 0.29) is 11.5 Å². The fourth-order valence-corrected chi connectivity index (χ4v) is 4.74. The Morgan fingerprint density at radius 2 is 1.74 bits per heavy atom. The molecular formula is C25H27N3O5S. The predicted octanol–water partition coefficient (Wildman–Crippen LogP) is 2.67. The SMILES string of the molecule is NS(=O)(=O)c1ccc(CCNC(=O)COC(=O)c2c3c(nc4ccccc24)CCCCC3)cc1. The van der Waals surface area contributed by atoms with Gasteiger partial charge in [0.25, 0.3) is 5.91 Å². The average Bonchev–Trinajstić information content (AvgIpc) is 3.06. The minimum absolute atomic E-state index is 0.0359. The molecule has 1 amide bonds. The van der Waals surface area contributed by atoms with Gasteiger partial charge in [0, 0.05) is 17.6 Å². The highest BCUT2D eigenvalue weighted by Gasteiger charge is 2.23. The number of primary sulfonamides is 1. The number of hydrogen-bond acceptors (Lipinski definition) is 6. The molecule has 0 saturated heterocycles. The van der Waals surface area contributed by atoms with Crippen molar-refractivity contribution in [2.45, 2.75) is 43.4 Å². The van der Waals surface area contributed by atoms with Crippen LogP contribution in [0.2, 0.25) is 0 Å². The van der Waals surface area contributed by atoms with Gasteiger partial charge in [-0.05, 0) is 61.4 Å². The van der Waals surface area contributed by atoms with E-state index in [1.54, 1.807) is 12.1 Å². The predicted molar refractivity (Wildman–Crippen MR) is 128 cm³/mol. The second kappa shape index (κ2) is 10.3. The topological polar surface area (TPSA) is 128 Å².